The van der Waals surface area contributed by atoms with Crippen molar-refractivity contribution in [2.45, 2.75) is 6.18 Å². The number of halogens is 3. The topological polar surface area (TPSA) is 51.1 Å². The van der Waals surface area contributed by atoms with Gasteiger partial charge in [0.15, 0.2) is 0 Å². The van der Waals surface area contributed by atoms with Gasteiger partial charge in [-0.25, -0.2) is 0 Å². The minimum Gasteiger partial charge on any atom is -0.321 e. The predicted octanol–water partition coefficient (Wildman–Crippen LogP) is 3.81. The molecule has 0 spiro atoms. The fourth-order valence-corrected chi connectivity index (χ4v) is 2.63. The van der Waals surface area contributed by atoms with Crippen LogP contribution in [0.2, 0.25) is 0 Å². The van der Waals surface area contributed by atoms with E-state index in [0.29, 0.717) is 10.8 Å². The van der Waals surface area contributed by atoms with Crippen LogP contribution in [-0.4, -0.2) is 10.5 Å². The lowest BCUT2D eigenvalue weighted by Crippen LogP contribution is -2.22. The standard InChI is InChI=1S/C18H13F3N2O2/c1-23-10-13(11-6-2-3-7-12(11)17(23)25)16(24)22-15-9-5-4-8-14(15)18(19,20)21/h2-10H,1H3,(H,22,24). The molecule has 0 fully saturated rings. The lowest BCUT2D eigenvalue weighted by atomic mass is 10.1. The Kier molecular flexibility index (Phi) is 4.08. The summed E-state index contributed by atoms with van der Waals surface area (Å²) < 4.78 is 40.5. The van der Waals surface area contributed by atoms with Gasteiger partial charge in [-0.3, -0.25) is 9.59 Å². The molecule has 0 aliphatic carbocycles. The summed E-state index contributed by atoms with van der Waals surface area (Å²) in [5.74, 6) is -0.719. The Labute approximate surface area is 140 Å². The monoisotopic (exact) mass is 346 g/mol. The number of amides is 1. The summed E-state index contributed by atoms with van der Waals surface area (Å²) in [6.45, 7) is 0. The maximum absolute atomic E-state index is 13.1. The van der Waals surface area contributed by atoms with Gasteiger partial charge in [0.1, 0.15) is 0 Å². The van der Waals surface area contributed by atoms with E-state index < -0.39 is 17.6 Å². The van der Waals surface area contributed by atoms with Crippen molar-refractivity contribution in [1.82, 2.24) is 4.57 Å². The van der Waals surface area contributed by atoms with Crippen LogP contribution in [0.3, 0.4) is 0 Å². The molecule has 3 aromatic rings. The molecule has 0 unspecified atom stereocenters. The molecule has 0 atom stereocenters. The second kappa shape index (κ2) is 6.08. The highest BCUT2D eigenvalue weighted by atomic mass is 19.4. The van der Waals surface area contributed by atoms with Gasteiger partial charge in [-0.1, -0.05) is 30.3 Å². The van der Waals surface area contributed by atoms with Crippen LogP contribution < -0.4 is 10.9 Å². The fraction of sp³-hybridized carbons (Fsp3) is 0.111. The highest BCUT2D eigenvalue weighted by Gasteiger charge is 2.33. The molecule has 0 radical (unpaired) electrons. The summed E-state index contributed by atoms with van der Waals surface area (Å²) >= 11 is 0. The summed E-state index contributed by atoms with van der Waals surface area (Å²) in [6, 6.07) is 11.2. The maximum Gasteiger partial charge on any atom is 0.418 e. The maximum atomic E-state index is 13.1. The zero-order chi connectivity index (χ0) is 18.2. The van der Waals surface area contributed by atoms with Crippen LogP contribution in [0.4, 0.5) is 18.9 Å². The van der Waals surface area contributed by atoms with E-state index in [0.717, 1.165) is 6.07 Å². The Hall–Kier alpha value is -3.09. The summed E-state index contributed by atoms with van der Waals surface area (Å²) in [5.41, 5.74) is -1.44. The number of hydrogen-bond acceptors (Lipinski definition) is 2. The molecule has 4 nitrogen and oxygen atoms in total. The van der Waals surface area contributed by atoms with E-state index in [-0.39, 0.29) is 16.8 Å². The van der Waals surface area contributed by atoms with Crippen molar-refractivity contribution in [3.63, 3.8) is 0 Å². The average Bonchev–Trinajstić information content (AvgIpc) is 2.57. The van der Waals surface area contributed by atoms with Gasteiger partial charge in [0, 0.05) is 24.0 Å². The smallest absolute Gasteiger partial charge is 0.321 e. The molecule has 1 aromatic heterocycles. The van der Waals surface area contributed by atoms with E-state index in [4.69, 9.17) is 0 Å². The Balaban J connectivity index is 2.09. The zero-order valence-electron chi connectivity index (χ0n) is 13.1. The summed E-state index contributed by atoms with van der Waals surface area (Å²) in [4.78, 5) is 24.7. The number of pyridine rings is 1. The second-order valence-corrected chi connectivity index (χ2v) is 5.50. The van der Waals surface area contributed by atoms with Crippen LogP contribution in [0.15, 0.2) is 59.5 Å². The lowest BCUT2D eigenvalue weighted by molar-refractivity contribution is -0.136. The fourth-order valence-electron chi connectivity index (χ4n) is 2.63. The third kappa shape index (κ3) is 3.13. The molecule has 1 N–H and O–H groups in total. The van der Waals surface area contributed by atoms with Crippen molar-refractivity contribution in [2.24, 2.45) is 7.05 Å². The second-order valence-electron chi connectivity index (χ2n) is 5.50. The molecule has 7 heteroatoms. The number of fused-ring (bicyclic) bond motifs is 1. The number of aromatic nitrogens is 1. The molecule has 3 rings (SSSR count). The first kappa shape index (κ1) is 16.8. The van der Waals surface area contributed by atoms with Crippen LogP contribution in [0.1, 0.15) is 15.9 Å². The minimum atomic E-state index is -4.59. The predicted molar refractivity (Wildman–Crippen MR) is 88.6 cm³/mol. The van der Waals surface area contributed by atoms with Gasteiger partial charge >= 0.3 is 6.18 Å². The number of nitrogens with one attached hydrogen (secondary N) is 1. The highest BCUT2D eigenvalue weighted by Crippen LogP contribution is 2.34. The SMILES string of the molecule is Cn1cc(C(=O)Nc2ccccc2C(F)(F)F)c2ccccc2c1=O. The van der Waals surface area contributed by atoms with Gasteiger partial charge in [0.25, 0.3) is 11.5 Å². The van der Waals surface area contributed by atoms with Crippen molar-refractivity contribution in [3.05, 3.63) is 76.2 Å². The van der Waals surface area contributed by atoms with E-state index >= 15 is 0 Å². The Morgan fingerprint density at radius 1 is 1.00 bits per heavy atom. The summed E-state index contributed by atoms with van der Waals surface area (Å²) in [6.07, 6.45) is -3.27. The van der Waals surface area contributed by atoms with Gasteiger partial charge in [0.2, 0.25) is 0 Å². The number of aryl methyl sites for hydroxylation is 1. The quantitative estimate of drug-likeness (QED) is 0.767. The van der Waals surface area contributed by atoms with E-state index in [1.807, 2.05) is 0 Å². The van der Waals surface area contributed by atoms with Crippen LogP contribution in [0.5, 0.6) is 0 Å². The number of carbonyl (C=O) groups excluding carboxylic acids is 1. The van der Waals surface area contributed by atoms with Gasteiger partial charge in [0.05, 0.1) is 16.8 Å². The lowest BCUT2D eigenvalue weighted by Gasteiger charge is -2.14. The summed E-state index contributed by atoms with van der Waals surface area (Å²) in [7, 11) is 1.48. The first-order chi connectivity index (χ1) is 11.8. The summed E-state index contributed by atoms with van der Waals surface area (Å²) in [5, 5.41) is 3.00. The van der Waals surface area contributed by atoms with E-state index in [9.17, 15) is 22.8 Å². The first-order valence-corrected chi connectivity index (χ1v) is 7.35. The van der Waals surface area contributed by atoms with E-state index in [2.05, 4.69) is 5.32 Å². The number of hydrogen-bond donors (Lipinski definition) is 1. The Morgan fingerprint density at radius 2 is 1.60 bits per heavy atom. The van der Waals surface area contributed by atoms with Crippen LogP contribution >= 0.6 is 0 Å². The molecule has 0 aliphatic rings. The number of benzene rings is 2. The molecule has 0 aliphatic heterocycles. The minimum absolute atomic E-state index is 0.120. The van der Waals surface area contributed by atoms with Gasteiger partial charge in [-0.2, -0.15) is 13.2 Å². The normalized spacial score (nSPS) is 11.5. The van der Waals surface area contributed by atoms with Crippen LogP contribution in [0, 0.1) is 0 Å². The zero-order valence-corrected chi connectivity index (χ0v) is 13.1. The molecule has 2 aromatic carbocycles. The third-order valence-electron chi connectivity index (χ3n) is 3.82. The molecule has 0 saturated heterocycles. The van der Waals surface area contributed by atoms with Gasteiger partial charge in [-0.05, 0) is 18.2 Å². The third-order valence-corrected chi connectivity index (χ3v) is 3.82. The number of para-hydroxylation sites is 1. The van der Waals surface area contributed by atoms with Crippen LogP contribution in [-0.2, 0) is 13.2 Å². The number of anilines is 1. The molecular weight excluding hydrogens is 333 g/mol. The van der Waals surface area contributed by atoms with Crippen molar-refractivity contribution in [1.29, 1.82) is 0 Å². The van der Waals surface area contributed by atoms with Crippen molar-refractivity contribution < 1.29 is 18.0 Å². The molecule has 0 bridgehead atoms. The Morgan fingerprint density at radius 3 is 2.28 bits per heavy atom. The molecule has 25 heavy (non-hydrogen) atoms. The molecule has 1 heterocycles. The van der Waals surface area contributed by atoms with Crippen molar-refractivity contribution in [3.8, 4) is 0 Å². The number of nitrogens with zero attached hydrogens (tertiary/aromatic N) is 1. The molecule has 1 amide bonds. The number of rotatable bonds is 2. The van der Waals surface area contributed by atoms with E-state index in [1.165, 1.54) is 36.0 Å². The number of carbonyl (C=O) groups is 1. The van der Waals surface area contributed by atoms with Crippen molar-refractivity contribution in [2.75, 3.05) is 5.32 Å². The van der Waals surface area contributed by atoms with Gasteiger partial charge < -0.3 is 9.88 Å². The highest BCUT2D eigenvalue weighted by molar-refractivity contribution is 6.12. The molecular formula is C18H13F3N2O2. The van der Waals surface area contributed by atoms with E-state index in [1.54, 1.807) is 24.3 Å². The van der Waals surface area contributed by atoms with Crippen LogP contribution in [0.25, 0.3) is 10.8 Å². The number of alkyl halides is 3. The van der Waals surface area contributed by atoms with Crippen molar-refractivity contribution >= 4 is 22.4 Å². The van der Waals surface area contributed by atoms with Gasteiger partial charge in [-0.15, -0.1) is 0 Å². The molecule has 0 saturated carbocycles. The first-order valence-electron chi connectivity index (χ1n) is 7.35. The molecule has 128 valence electrons. The largest absolute Gasteiger partial charge is 0.418 e. The Bertz CT molecular complexity index is 1020. The average molecular weight is 346 g/mol.